The van der Waals surface area contributed by atoms with Crippen LogP contribution < -0.4 is 11.1 Å². The highest BCUT2D eigenvalue weighted by molar-refractivity contribution is 5.78. The molecule has 0 heterocycles. The lowest BCUT2D eigenvalue weighted by molar-refractivity contribution is -0.124. The minimum absolute atomic E-state index is 0.0427. The van der Waals surface area contributed by atoms with E-state index in [9.17, 15) is 4.79 Å². The normalized spacial score (nSPS) is 18.5. The molecule has 0 aromatic rings. The van der Waals surface area contributed by atoms with E-state index in [0.29, 0.717) is 6.54 Å². The van der Waals surface area contributed by atoms with Crippen LogP contribution in [0.15, 0.2) is 0 Å². The molecule has 1 unspecified atom stereocenters. The molecule has 1 aliphatic rings. The van der Waals surface area contributed by atoms with Gasteiger partial charge in [0.25, 0.3) is 0 Å². The van der Waals surface area contributed by atoms with Crippen LogP contribution in [0.4, 0.5) is 0 Å². The van der Waals surface area contributed by atoms with Crippen LogP contribution in [-0.2, 0) is 4.79 Å². The Morgan fingerprint density at radius 1 is 1.37 bits per heavy atom. The van der Waals surface area contributed by atoms with Crippen molar-refractivity contribution in [3.63, 3.8) is 0 Å². The smallest absolute Gasteiger partial charge is 0.222 e. The molecule has 0 aromatic heterocycles. The molecule has 0 aromatic carbocycles. The van der Waals surface area contributed by atoms with Gasteiger partial charge in [0.1, 0.15) is 0 Å². The maximum atomic E-state index is 11.7. The number of nitrogens with two attached hydrogens (primary N) is 1. The Morgan fingerprint density at radius 3 is 2.68 bits per heavy atom. The third-order valence-electron chi connectivity index (χ3n) is 4.23. The van der Waals surface area contributed by atoms with Gasteiger partial charge in [0, 0.05) is 18.5 Å². The van der Waals surface area contributed by atoms with Gasteiger partial charge in [-0.05, 0) is 45.8 Å². The van der Waals surface area contributed by atoms with E-state index in [1.807, 2.05) is 6.92 Å². The molecule has 0 radical (unpaired) electrons. The molecule has 1 rings (SSSR count). The van der Waals surface area contributed by atoms with Crippen LogP contribution in [0.2, 0.25) is 0 Å². The van der Waals surface area contributed by atoms with Gasteiger partial charge in [0.15, 0.2) is 0 Å². The predicted molar refractivity (Wildman–Crippen MR) is 80.0 cm³/mol. The molecule has 4 nitrogen and oxygen atoms in total. The Hall–Kier alpha value is -0.610. The fraction of sp³-hybridized carbons (Fsp3) is 0.933. The summed E-state index contributed by atoms with van der Waals surface area (Å²) in [4.78, 5) is 14.2. The van der Waals surface area contributed by atoms with Crippen molar-refractivity contribution in [1.29, 1.82) is 0 Å². The van der Waals surface area contributed by atoms with Gasteiger partial charge in [-0.3, -0.25) is 4.79 Å². The van der Waals surface area contributed by atoms with Crippen molar-refractivity contribution >= 4 is 5.91 Å². The minimum Gasteiger partial charge on any atom is -0.356 e. The van der Waals surface area contributed by atoms with E-state index < -0.39 is 0 Å². The Morgan fingerprint density at radius 2 is 2.05 bits per heavy atom. The lowest BCUT2D eigenvalue weighted by Gasteiger charge is -2.31. The number of carbonyl (C=O) groups is 1. The summed E-state index contributed by atoms with van der Waals surface area (Å²) in [5, 5.41) is 3.00. The first kappa shape index (κ1) is 16.4. The SMILES string of the molecule is CC(CCN)C(=O)NCCCN(C)C1CCCCC1. The highest BCUT2D eigenvalue weighted by Crippen LogP contribution is 2.21. The first-order valence-electron chi connectivity index (χ1n) is 7.83. The number of nitrogens with one attached hydrogen (secondary N) is 1. The third kappa shape index (κ3) is 6.39. The highest BCUT2D eigenvalue weighted by Gasteiger charge is 2.17. The van der Waals surface area contributed by atoms with Gasteiger partial charge in [0.2, 0.25) is 5.91 Å². The zero-order chi connectivity index (χ0) is 14.1. The summed E-state index contributed by atoms with van der Waals surface area (Å²) >= 11 is 0. The molecule has 1 fully saturated rings. The number of nitrogens with zero attached hydrogens (tertiary/aromatic N) is 1. The summed E-state index contributed by atoms with van der Waals surface area (Å²) in [7, 11) is 2.22. The molecule has 19 heavy (non-hydrogen) atoms. The second-order valence-electron chi connectivity index (χ2n) is 5.90. The molecule has 0 spiro atoms. The summed E-state index contributed by atoms with van der Waals surface area (Å²) in [5.41, 5.74) is 5.46. The lowest BCUT2D eigenvalue weighted by Crippen LogP contribution is -2.36. The van der Waals surface area contributed by atoms with Crippen molar-refractivity contribution in [3.8, 4) is 0 Å². The molecule has 1 atom stereocenters. The zero-order valence-electron chi connectivity index (χ0n) is 12.7. The Kier molecular flexibility index (Phi) is 8.07. The second-order valence-corrected chi connectivity index (χ2v) is 5.90. The van der Waals surface area contributed by atoms with Gasteiger partial charge >= 0.3 is 0 Å². The van der Waals surface area contributed by atoms with Gasteiger partial charge in [-0.15, -0.1) is 0 Å². The molecule has 0 bridgehead atoms. The number of carbonyl (C=O) groups excluding carboxylic acids is 1. The number of hydrogen-bond acceptors (Lipinski definition) is 3. The van der Waals surface area contributed by atoms with Crippen LogP contribution in [0.25, 0.3) is 0 Å². The van der Waals surface area contributed by atoms with Gasteiger partial charge < -0.3 is 16.0 Å². The highest BCUT2D eigenvalue weighted by atomic mass is 16.1. The number of hydrogen-bond donors (Lipinski definition) is 2. The van der Waals surface area contributed by atoms with Crippen molar-refractivity contribution in [2.75, 3.05) is 26.7 Å². The quantitative estimate of drug-likeness (QED) is 0.660. The van der Waals surface area contributed by atoms with Crippen LogP contribution in [-0.4, -0.2) is 43.5 Å². The molecule has 4 heteroatoms. The lowest BCUT2D eigenvalue weighted by atomic mass is 9.94. The van der Waals surface area contributed by atoms with Crippen molar-refractivity contribution in [1.82, 2.24) is 10.2 Å². The monoisotopic (exact) mass is 269 g/mol. The maximum Gasteiger partial charge on any atom is 0.222 e. The van der Waals surface area contributed by atoms with E-state index in [1.165, 1.54) is 32.1 Å². The Labute approximate surface area is 118 Å². The number of rotatable bonds is 8. The Balaban J connectivity index is 2.07. The molecule has 1 aliphatic carbocycles. The minimum atomic E-state index is 0.0427. The molecule has 1 amide bonds. The topological polar surface area (TPSA) is 58.4 Å². The van der Waals surface area contributed by atoms with E-state index in [4.69, 9.17) is 5.73 Å². The van der Waals surface area contributed by atoms with Crippen molar-refractivity contribution < 1.29 is 4.79 Å². The summed E-state index contributed by atoms with van der Waals surface area (Å²) in [6, 6.07) is 0.764. The molecule has 3 N–H and O–H groups in total. The predicted octanol–water partition coefficient (Wildman–Crippen LogP) is 1.74. The van der Waals surface area contributed by atoms with Crippen LogP contribution in [0.5, 0.6) is 0 Å². The van der Waals surface area contributed by atoms with E-state index in [0.717, 1.165) is 32.0 Å². The average molecular weight is 269 g/mol. The molecule has 112 valence electrons. The summed E-state index contributed by atoms with van der Waals surface area (Å²) in [6.07, 6.45) is 8.65. The summed E-state index contributed by atoms with van der Waals surface area (Å²) in [6.45, 7) is 4.39. The molecule has 0 saturated heterocycles. The van der Waals surface area contributed by atoms with Crippen molar-refractivity contribution in [2.24, 2.45) is 11.7 Å². The van der Waals surface area contributed by atoms with Crippen LogP contribution in [0.1, 0.15) is 51.9 Å². The van der Waals surface area contributed by atoms with Gasteiger partial charge in [-0.2, -0.15) is 0 Å². The molecular formula is C15H31N3O. The van der Waals surface area contributed by atoms with Gasteiger partial charge in [-0.25, -0.2) is 0 Å². The summed E-state index contributed by atoms with van der Waals surface area (Å²) < 4.78 is 0. The fourth-order valence-electron chi connectivity index (χ4n) is 2.80. The standard InChI is InChI=1S/C15H31N3O/c1-13(9-10-16)15(19)17-11-6-12-18(2)14-7-4-3-5-8-14/h13-14H,3-12,16H2,1-2H3,(H,17,19). The largest absolute Gasteiger partial charge is 0.356 e. The first-order valence-corrected chi connectivity index (χ1v) is 7.83. The third-order valence-corrected chi connectivity index (χ3v) is 4.23. The molecule has 0 aliphatic heterocycles. The maximum absolute atomic E-state index is 11.7. The van der Waals surface area contributed by atoms with E-state index >= 15 is 0 Å². The van der Waals surface area contributed by atoms with Crippen molar-refractivity contribution in [3.05, 3.63) is 0 Å². The molecular weight excluding hydrogens is 238 g/mol. The van der Waals surface area contributed by atoms with E-state index in [2.05, 4.69) is 17.3 Å². The fourth-order valence-corrected chi connectivity index (χ4v) is 2.80. The average Bonchev–Trinajstić information content (AvgIpc) is 2.44. The first-order chi connectivity index (χ1) is 9.15. The Bertz CT molecular complexity index is 252. The van der Waals surface area contributed by atoms with Crippen LogP contribution in [0.3, 0.4) is 0 Å². The second kappa shape index (κ2) is 9.32. The summed E-state index contributed by atoms with van der Waals surface area (Å²) in [5.74, 6) is 0.187. The van der Waals surface area contributed by atoms with Crippen LogP contribution in [0, 0.1) is 5.92 Å². The zero-order valence-corrected chi connectivity index (χ0v) is 12.7. The van der Waals surface area contributed by atoms with Crippen molar-refractivity contribution in [2.45, 2.75) is 57.9 Å². The van der Waals surface area contributed by atoms with E-state index in [-0.39, 0.29) is 11.8 Å². The van der Waals surface area contributed by atoms with Gasteiger partial charge in [-0.1, -0.05) is 26.2 Å². The van der Waals surface area contributed by atoms with Crippen LogP contribution >= 0.6 is 0 Å². The molecule has 1 saturated carbocycles. The number of amides is 1. The van der Waals surface area contributed by atoms with Gasteiger partial charge in [0.05, 0.1) is 0 Å². The van der Waals surface area contributed by atoms with E-state index in [1.54, 1.807) is 0 Å².